The highest BCUT2D eigenvalue weighted by molar-refractivity contribution is 5.93. The third-order valence-corrected chi connectivity index (χ3v) is 4.14. The number of hydrogen-bond acceptors (Lipinski definition) is 3. The molecule has 1 atom stereocenters. The zero-order chi connectivity index (χ0) is 13.9. The third kappa shape index (κ3) is 2.63. The van der Waals surface area contributed by atoms with E-state index in [1.807, 2.05) is 15.6 Å². The summed E-state index contributed by atoms with van der Waals surface area (Å²) in [5, 5.41) is 4.31. The average Bonchev–Trinajstić information content (AvgIpc) is 2.85. The molecule has 0 aromatic carbocycles. The Hall–Kier alpha value is -1.62. The van der Waals surface area contributed by atoms with Crippen molar-refractivity contribution in [1.82, 2.24) is 14.7 Å². The van der Waals surface area contributed by atoms with Gasteiger partial charge in [-0.1, -0.05) is 6.08 Å². The molecular formula is C15H21N3O2. The highest BCUT2D eigenvalue weighted by Gasteiger charge is 2.27. The lowest BCUT2D eigenvalue weighted by Gasteiger charge is -2.25. The van der Waals surface area contributed by atoms with E-state index in [-0.39, 0.29) is 12.0 Å². The number of aromatic nitrogens is 2. The van der Waals surface area contributed by atoms with E-state index in [1.165, 1.54) is 6.42 Å². The maximum atomic E-state index is 12.7. The number of carbonyl (C=O) groups is 1. The molecule has 2 heterocycles. The van der Waals surface area contributed by atoms with Crippen LogP contribution in [0.3, 0.4) is 0 Å². The minimum Gasteiger partial charge on any atom is -0.378 e. The fourth-order valence-corrected chi connectivity index (χ4v) is 2.95. The van der Waals surface area contributed by atoms with Crippen molar-refractivity contribution in [3.63, 3.8) is 0 Å². The summed E-state index contributed by atoms with van der Waals surface area (Å²) < 4.78 is 7.43. The summed E-state index contributed by atoms with van der Waals surface area (Å²) >= 11 is 0. The van der Waals surface area contributed by atoms with Crippen LogP contribution >= 0.6 is 0 Å². The van der Waals surface area contributed by atoms with Crippen molar-refractivity contribution in [1.29, 1.82) is 0 Å². The van der Waals surface area contributed by atoms with Crippen LogP contribution < -0.4 is 0 Å². The van der Waals surface area contributed by atoms with Crippen LogP contribution in [0.15, 0.2) is 23.9 Å². The summed E-state index contributed by atoms with van der Waals surface area (Å²) in [6.07, 6.45) is 8.16. The van der Waals surface area contributed by atoms with Gasteiger partial charge in [0.25, 0.3) is 0 Å². The first-order chi connectivity index (χ1) is 9.78. The highest BCUT2D eigenvalue weighted by atomic mass is 16.5. The third-order valence-electron chi connectivity index (χ3n) is 4.14. The maximum Gasteiger partial charge on any atom is 0.249 e. The van der Waals surface area contributed by atoms with Crippen LogP contribution in [0.5, 0.6) is 0 Å². The number of allylic oxidation sites excluding steroid dienone is 1. The Labute approximate surface area is 119 Å². The molecule has 0 N–H and O–H groups in total. The molecule has 5 nitrogen and oxygen atoms in total. The summed E-state index contributed by atoms with van der Waals surface area (Å²) in [7, 11) is 1.70. The van der Waals surface area contributed by atoms with Gasteiger partial charge in [0.05, 0.1) is 24.9 Å². The Morgan fingerprint density at radius 2 is 2.30 bits per heavy atom. The molecule has 5 heteroatoms. The molecule has 108 valence electrons. The number of fused-ring (bicyclic) bond motifs is 1. The number of ether oxygens (including phenoxy) is 1. The molecule has 0 fully saturated rings. The van der Waals surface area contributed by atoms with E-state index in [1.54, 1.807) is 13.3 Å². The molecular weight excluding hydrogens is 254 g/mol. The van der Waals surface area contributed by atoms with E-state index < -0.39 is 0 Å². The fourth-order valence-electron chi connectivity index (χ4n) is 2.95. The van der Waals surface area contributed by atoms with Gasteiger partial charge in [0, 0.05) is 25.4 Å². The minimum absolute atomic E-state index is 0.00397. The molecule has 0 spiro atoms. The number of hydrogen-bond donors (Lipinski definition) is 0. The van der Waals surface area contributed by atoms with Crippen LogP contribution in [-0.2, 0) is 22.6 Å². The van der Waals surface area contributed by atoms with E-state index in [0.29, 0.717) is 19.6 Å². The number of amides is 1. The first-order valence-corrected chi connectivity index (χ1v) is 7.29. The molecule has 0 bridgehead atoms. The van der Waals surface area contributed by atoms with Gasteiger partial charge in [-0.25, -0.2) is 0 Å². The molecule has 1 aromatic rings. The van der Waals surface area contributed by atoms with E-state index in [2.05, 4.69) is 11.2 Å². The molecule has 1 aliphatic heterocycles. The number of rotatable bonds is 2. The second-order valence-corrected chi connectivity index (χ2v) is 5.52. The van der Waals surface area contributed by atoms with Crippen LogP contribution in [0.25, 0.3) is 0 Å². The summed E-state index contributed by atoms with van der Waals surface area (Å²) in [6.45, 7) is 1.97. The van der Waals surface area contributed by atoms with Crippen LogP contribution in [0.1, 0.15) is 31.4 Å². The van der Waals surface area contributed by atoms with Gasteiger partial charge >= 0.3 is 0 Å². The highest BCUT2D eigenvalue weighted by Crippen LogP contribution is 2.22. The number of nitrogens with zero attached hydrogens (tertiary/aromatic N) is 3. The first kappa shape index (κ1) is 13.4. The standard InChI is InChI=1S/C15H21N3O2/c1-20-14-10-17(9-13-7-8-16-18(13)11-14)15(19)12-5-3-2-4-6-12/h5,7-8,14H,2-4,6,9-11H2,1H3. The predicted octanol–water partition coefficient (Wildman–Crippen LogP) is 1.74. The SMILES string of the molecule is COC1CN(C(=O)C2=CCCCC2)Cc2ccnn2C1. The van der Waals surface area contributed by atoms with Gasteiger partial charge in [0.2, 0.25) is 5.91 Å². The molecule has 1 aromatic heterocycles. The Bertz CT molecular complexity index is 521. The second kappa shape index (κ2) is 5.79. The zero-order valence-electron chi connectivity index (χ0n) is 11.9. The largest absolute Gasteiger partial charge is 0.378 e. The van der Waals surface area contributed by atoms with Crippen molar-refractivity contribution in [3.05, 3.63) is 29.6 Å². The topological polar surface area (TPSA) is 47.4 Å². The quantitative estimate of drug-likeness (QED) is 0.826. The summed E-state index contributed by atoms with van der Waals surface area (Å²) in [5.41, 5.74) is 2.05. The van der Waals surface area contributed by atoms with Crippen LogP contribution in [0.4, 0.5) is 0 Å². The zero-order valence-corrected chi connectivity index (χ0v) is 11.9. The van der Waals surface area contributed by atoms with Crippen molar-refractivity contribution in [2.75, 3.05) is 13.7 Å². The summed E-state index contributed by atoms with van der Waals surface area (Å²) in [6, 6.07) is 1.98. The van der Waals surface area contributed by atoms with Crippen molar-refractivity contribution in [2.45, 2.75) is 44.9 Å². The first-order valence-electron chi connectivity index (χ1n) is 7.29. The molecule has 2 aliphatic rings. The van der Waals surface area contributed by atoms with E-state index in [4.69, 9.17) is 4.74 Å². The van der Waals surface area contributed by atoms with Gasteiger partial charge in [-0.2, -0.15) is 5.10 Å². The number of carbonyl (C=O) groups excluding carboxylic acids is 1. The van der Waals surface area contributed by atoms with Crippen molar-refractivity contribution in [3.8, 4) is 0 Å². The lowest BCUT2D eigenvalue weighted by molar-refractivity contribution is -0.129. The maximum absolute atomic E-state index is 12.7. The molecule has 3 rings (SSSR count). The summed E-state index contributed by atoms with van der Waals surface area (Å²) in [4.78, 5) is 14.6. The predicted molar refractivity (Wildman–Crippen MR) is 75.0 cm³/mol. The van der Waals surface area contributed by atoms with Crippen molar-refractivity contribution < 1.29 is 9.53 Å². The molecule has 0 saturated heterocycles. The van der Waals surface area contributed by atoms with Crippen molar-refractivity contribution in [2.24, 2.45) is 0 Å². The molecule has 20 heavy (non-hydrogen) atoms. The normalized spacial score (nSPS) is 22.9. The van der Waals surface area contributed by atoms with Crippen molar-refractivity contribution >= 4 is 5.91 Å². The van der Waals surface area contributed by atoms with E-state index in [0.717, 1.165) is 30.5 Å². The van der Waals surface area contributed by atoms with Gasteiger partial charge in [-0.3, -0.25) is 9.48 Å². The van der Waals surface area contributed by atoms with Gasteiger partial charge in [0.15, 0.2) is 0 Å². The van der Waals surface area contributed by atoms with Crippen LogP contribution in [-0.4, -0.2) is 40.3 Å². The molecule has 1 amide bonds. The van der Waals surface area contributed by atoms with Crippen LogP contribution in [0.2, 0.25) is 0 Å². The Morgan fingerprint density at radius 3 is 3.05 bits per heavy atom. The molecule has 0 radical (unpaired) electrons. The van der Waals surface area contributed by atoms with Gasteiger partial charge < -0.3 is 9.64 Å². The smallest absolute Gasteiger partial charge is 0.249 e. The molecule has 0 saturated carbocycles. The van der Waals surface area contributed by atoms with E-state index >= 15 is 0 Å². The van der Waals surface area contributed by atoms with Gasteiger partial charge in [-0.15, -0.1) is 0 Å². The number of methoxy groups -OCH3 is 1. The van der Waals surface area contributed by atoms with Gasteiger partial charge in [-0.05, 0) is 31.7 Å². The van der Waals surface area contributed by atoms with Crippen LogP contribution in [0, 0.1) is 0 Å². The lowest BCUT2D eigenvalue weighted by atomic mass is 9.98. The Kier molecular flexibility index (Phi) is 3.87. The molecule has 1 aliphatic carbocycles. The average molecular weight is 275 g/mol. The lowest BCUT2D eigenvalue weighted by Crippen LogP contribution is -2.37. The fraction of sp³-hybridized carbons (Fsp3) is 0.600. The second-order valence-electron chi connectivity index (χ2n) is 5.52. The molecule has 1 unspecified atom stereocenters. The Morgan fingerprint density at radius 1 is 1.40 bits per heavy atom. The van der Waals surface area contributed by atoms with Gasteiger partial charge in [0.1, 0.15) is 0 Å². The Balaban J connectivity index is 1.81. The minimum atomic E-state index is 0.00397. The summed E-state index contributed by atoms with van der Waals surface area (Å²) in [5.74, 6) is 0.168. The monoisotopic (exact) mass is 275 g/mol. The van der Waals surface area contributed by atoms with E-state index in [9.17, 15) is 4.79 Å².